The summed E-state index contributed by atoms with van der Waals surface area (Å²) in [6, 6.07) is 13.2. The van der Waals surface area contributed by atoms with Crippen molar-refractivity contribution in [1.29, 1.82) is 0 Å². The first-order chi connectivity index (χ1) is 17.5. The average Bonchev–Trinajstić information content (AvgIpc) is 2.86. The molecular weight excluding hydrogens is 457 g/mol. The maximum Gasteiger partial charge on any atom is 0.251 e. The van der Waals surface area contributed by atoms with E-state index in [-0.39, 0.29) is 19.1 Å². The van der Waals surface area contributed by atoms with Crippen LogP contribution in [0.15, 0.2) is 61.1 Å². The first-order valence-corrected chi connectivity index (χ1v) is 12.1. The molecule has 0 unspecified atom stereocenters. The van der Waals surface area contributed by atoms with Gasteiger partial charge in [0.1, 0.15) is 5.82 Å². The lowest BCUT2D eigenvalue weighted by atomic mass is 9.90. The lowest BCUT2D eigenvalue weighted by Gasteiger charge is -2.31. The summed E-state index contributed by atoms with van der Waals surface area (Å²) < 4.78 is 20.2. The third kappa shape index (κ3) is 4.28. The number of pyridine rings is 1. The van der Waals surface area contributed by atoms with Crippen molar-refractivity contribution in [1.82, 2.24) is 20.3 Å². The highest BCUT2D eigenvalue weighted by Crippen LogP contribution is 2.34. The van der Waals surface area contributed by atoms with E-state index in [1.807, 2.05) is 18.2 Å². The Kier molecular flexibility index (Phi) is 5.60. The molecule has 2 aliphatic heterocycles. The number of carbonyl (C=O) groups excluding carboxylic acids is 1. The second-order valence-electron chi connectivity index (χ2n) is 9.59. The minimum atomic E-state index is -1.61. The van der Waals surface area contributed by atoms with Crippen LogP contribution in [0.1, 0.15) is 40.5 Å². The Bertz CT molecular complexity index is 1470. The van der Waals surface area contributed by atoms with Crippen LogP contribution in [0.5, 0.6) is 0 Å². The van der Waals surface area contributed by atoms with E-state index in [0.29, 0.717) is 17.7 Å². The number of halogens is 1. The van der Waals surface area contributed by atoms with E-state index in [1.165, 1.54) is 13.3 Å². The zero-order chi connectivity index (χ0) is 24.7. The Morgan fingerprint density at radius 3 is 2.83 bits per heavy atom. The zero-order valence-corrected chi connectivity index (χ0v) is 20.0. The number of benzene rings is 2. The number of hydrogen-bond donors (Lipinski definition) is 1. The summed E-state index contributed by atoms with van der Waals surface area (Å²) in [5.41, 5.74) is 2.63. The topological polar surface area (TPSA) is 80.2 Å². The van der Waals surface area contributed by atoms with Gasteiger partial charge >= 0.3 is 0 Å². The van der Waals surface area contributed by atoms with E-state index in [2.05, 4.69) is 26.3 Å². The van der Waals surface area contributed by atoms with Crippen LogP contribution in [0.2, 0.25) is 0 Å². The first-order valence-electron chi connectivity index (χ1n) is 12.1. The van der Waals surface area contributed by atoms with Gasteiger partial charge in [0, 0.05) is 35.8 Å². The van der Waals surface area contributed by atoms with Gasteiger partial charge in [-0.05, 0) is 54.1 Å². The van der Waals surface area contributed by atoms with Crippen LogP contribution in [0, 0.1) is 0 Å². The van der Waals surface area contributed by atoms with E-state index < -0.39 is 5.67 Å². The molecule has 2 aromatic heterocycles. The molecule has 0 radical (unpaired) electrons. The van der Waals surface area contributed by atoms with E-state index >= 15 is 0 Å². The Balaban J connectivity index is 1.20. The summed E-state index contributed by atoms with van der Waals surface area (Å²) in [5.74, 6) is 0.633. The van der Waals surface area contributed by atoms with Crippen LogP contribution in [-0.4, -0.2) is 40.6 Å². The fourth-order valence-electron chi connectivity index (χ4n) is 4.67. The van der Waals surface area contributed by atoms with Gasteiger partial charge in [-0.2, -0.15) is 0 Å². The molecule has 1 N–H and O–H groups in total. The second-order valence-corrected chi connectivity index (χ2v) is 9.59. The molecule has 4 heterocycles. The van der Waals surface area contributed by atoms with Crippen molar-refractivity contribution in [3.8, 4) is 11.3 Å². The van der Waals surface area contributed by atoms with Gasteiger partial charge in [0.25, 0.3) is 5.91 Å². The number of hydrogen-bond acceptors (Lipinski definition) is 6. The maximum absolute atomic E-state index is 14.9. The smallest absolute Gasteiger partial charge is 0.251 e. The van der Waals surface area contributed by atoms with Crippen molar-refractivity contribution < 1.29 is 13.9 Å². The molecule has 0 saturated carbocycles. The van der Waals surface area contributed by atoms with E-state index in [9.17, 15) is 9.18 Å². The number of nitrogens with one attached hydrogen (secondary N) is 1. The maximum atomic E-state index is 14.9. The largest absolute Gasteiger partial charge is 0.373 e. The van der Waals surface area contributed by atoms with Crippen molar-refractivity contribution in [2.75, 3.05) is 24.6 Å². The molecule has 2 aliphatic rings. The number of carbonyl (C=O) groups is 1. The first kappa shape index (κ1) is 22.5. The predicted octanol–water partition coefficient (Wildman–Crippen LogP) is 4.55. The Hall–Kier alpha value is -3.91. The molecular formula is C28H26FN5O2. The number of nitrogens with zero attached hydrogens (tertiary/aromatic N) is 4. The number of rotatable bonds is 5. The molecule has 182 valence electrons. The number of ether oxygens (including phenoxy) is 1. The summed E-state index contributed by atoms with van der Waals surface area (Å²) in [6.07, 6.45) is 6.57. The molecule has 7 nitrogen and oxygen atoms in total. The summed E-state index contributed by atoms with van der Waals surface area (Å²) >= 11 is 0. The highest BCUT2D eigenvalue weighted by Gasteiger charge is 2.33. The van der Waals surface area contributed by atoms with Crippen molar-refractivity contribution in [2.45, 2.75) is 32.2 Å². The summed E-state index contributed by atoms with van der Waals surface area (Å²) in [4.78, 5) is 28.7. The molecule has 2 aromatic carbocycles. The van der Waals surface area contributed by atoms with Gasteiger partial charge in [-0.25, -0.2) is 9.37 Å². The minimum absolute atomic E-state index is 0.0117. The van der Waals surface area contributed by atoms with Crippen LogP contribution < -0.4 is 10.2 Å². The van der Waals surface area contributed by atoms with Gasteiger partial charge in [-0.15, -0.1) is 0 Å². The zero-order valence-electron chi connectivity index (χ0n) is 20.0. The summed E-state index contributed by atoms with van der Waals surface area (Å²) in [5, 5.41) is 4.91. The van der Waals surface area contributed by atoms with Crippen LogP contribution in [0.3, 0.4) is 0 Å². The monoisotopic (exact) mass is 483 g/mol. The molecule has 0 spiro atoms. The molecule has 4 aromatic rings. The van der Waals surface area contributed by atoms with Gasteiger partial charge < -0.3 is 15.0 Å². The van der Waals surface area contributed by atoms with Crippen molar-refractivity contribution in [3.05, 3.63) is 83.4 Å². The normalized spacial score (nSPS) is 19.0. The number of anilines is 1. The van der Waals surface area contributed by atoms with Gasteiger partial charge in [-0.3, -0.25) is 14.8 Å². The Morgan fingerprint density at radius 1 is 1.11 bits per heavy atom. The average molecular weight is 484 g/mol. The highest BCUT2D eigenvalue weighted by molar-refractivity contribution is 5.94. The van der Waals surface area contributed by atoms with E-state index in [0.717, 1.165) is 52.2 Å². The van der Waals surface area contributed by atoms with Gasteiger partial charge in [-0.1, -0.05) is 18.2 Å². The third-order valence-corrected chi connectivity index (χ3v) is 6.87. The number of aromatic nitrogens is 3. The van der Waals surface area contributed by atoms with Crippen LogP contribution >= 0.6 is 0 Å². The molecule has 1 fully saturated rings. The van der Waals surface area contributed by atoms with Crippen molar-refractivity contribution in [2.24, 2.45) is 0 Å². The lowest BCUT2D eigenvalue weighted by Crippen LogP contribution is -2.37. The molecule has 8 heteroatoms. The molecule has 1 amide bonds. The van der Waals surface area contributed by atoms with Gasteiger partial charge in [0.05, 0.1) is 43.5 Å². The van der Waals surface area contributed by atoms with Crippen molar-refractivity contribution in [3.63, 3.8) is 0 Å². The summed E-state index contributed by atoms with van der Waals surface area (Å²) in [6.45, 7) is 4.12. The molecule has 36 heavy (non-hydrogen) atoms. The molecule has 6 rings (SSSR count). The summed E-state index contributed by atoms with van der Waals surface area (Å²) in [7, 11) is 0. The number of amides is 1. The SMILES string of the molecule is C[C@@]1(F)COCc2ccc(C(=O)NCc3cc4cc(-c5cncc(N6CCC6)n5)ccc4cn3)cc21. The second kappa shape index (κ2) is 8.95. The standard InChI is InChI=1S/C28H26FN5O2/c1-28(29)17-36-16-21-6-4-19(11-24(21)28)27(35)32-13-23-10-22-9-18(3-5-20(22)12-31-23)25-14-30-15-26(33-25)34-7-2-8-34/h3-6,9-12,14-15H,2,7-8,13,16-17H2,1H3,(H,32,35)/t28-/m1/s1. The van der Waals surface area contributed by atoms with Gasteiger partial charge in [0.15, 0.2) is 5.67 Å². The Morgan fingerprint density at radius 2 is 2.00 bits per heavy atom. The van der Waals surface area contributed by atoms with Crippen molar-refractivity contribution >= 4 is 22.5 Å². The quantitative estimate of drug-likeness (QED) is 0.449. The number of alkyl halides is 1. The van der Waals surface area contributed by atoms with Crippen LogP contribution in [0.4, 0.5) is 10.2 Å². The van der Waals surface area contributed by atoms with E-state index in [4.69, 9.17) is 9.72 Å². The van der Waals surface area contributed by atoms with E-state index in [1.54, 1.807) is 36.8 Å². The molecule has 0 bridgehead atoms. The fraction of sp³-hybridized carbons (Fsp3) is 0.286. The fourth-order valence-corrected chi connectivity index (χ4v) is 4.67. The number of fused-ring (bicyclic) bond motifs is 2. The third-order valence-electron chi connectivity index (χ3n) is 6.87. The Labute approximate surface area is 208 Å². The highest BCUT2D eigenvalue weighted by atomic mass is 19.1. The predicted molar refractivity (Wildman–Crippen MR) is 135 cm³/mol. The van der Waals surface area contributed by atoms with Crippen LogP contribution in [0.25, 0.3) is 22.0 Å². The molecule has 0 aliphatic carbocycles. The molecule has 1 atom stereocenters. The van der Waals surface area contributed by atoms with Gasteiger partial charge in [0.2, 0.25) is 0 Å². The minimum Gasteiger partial charge on any atom is -0.373 e. The molecule has 1 saturated heterocycles. The van der Waals surface area contributed by atoms with Crippen LogP contribution in [-0.2, 0) is 23.6 Å². The lowest BCUT2D eigenvalue weighted by molar-refractivity contribution is -0.00467.